The van der Waals surface area contributed by atoms with Crippen LogP contribution in [0.15, 0.2) is 42.5 Å². The molecule has 0 saturated heterocycles. The molecule has 1 heterocycles. The number of pyridine rings is 1. The van der Waals surface area contributed by atoms with Crippen molar-refractivity contribution in [2.45, 2.75) is 20.3 Å². The van der Waals surface area contributed by atoms with Gasteiger partial charge in [-0.3, -0.25) is 5.73 Å². The first-order chi connectivity index (χ1) is 10.7. The number of H-pyrrole nitrogens is 1. The van der Waals surface area contributed by atoms with Crippen LogP contribution in [0.4, 0.5) is 5.82 Å². The summed E-state index contributed by atoms with van der Waals surface area (Å²) in [7, 11) is 0. The van der Waals surface area contributed by atoms with E-state index < -0.39 is 0 Å². The Kier molecular flexibility index (Phi) is 3.52. The van der Waals surface area contributed by atoms with Gasteiger partial charge in [-0.1, -0.05) is 49.4 Å². The van der Waals surface area contributed by atoms with E-state index in [1.807, 2.05) is 25.1 Å². The first-order valence-corrected chi connectivity index (χ1v) is 7.39. The van der Waals surface area contributed by atoms with Gasteiger partial charge >= 0.3 is 0 Å². The molecule has 3 nitrogen and oxygen atoms in total. The number of nitrogens with zero attached hydrogens (tertiary/aromatic N) is 1. The van der Waals surface area contributed by atoms with Crippen LogP contribution in [0.2, 0.25) is 0 Å². The Morgan fingerprint density at radius 2 is 1.86 bits per heavy atom. The summed E-state index contributed by atoms with van der Waals surface area (Å²) in [6.45, 7) is 4.13. The number of hydrogen-bond donors (Lipinski definition) is 1. The second-order valence-corrected chi connectivity index (χ2v) is 5.38. The molecule has 0 saturated carbocycles. The van der Waals surface area contributed by atoms with E-state index in [9.17, 15) is 5.26 Å². The molecule has 3 rings (SSSR count). The molecule has 0 amide bonds. The Balaban J connectivity index is 2.45. The smallest absolute Gasteiger partial charge is 0.286 e. The molecule has 0 aliphatic heterocycles. The molecule has 0 atom stereocenters. The van der Waals surface area contributed by atoms with Gasteiger partial charge in [-0.2, -0.15) is 5.26 Å². The van der Waals surface area contributed by atoms with Gasteiger partial charge in [0.1, 0.15) is 17.3 Å². The second-order valence-electron chi connectivity index (χ2n) is 5.38. The molecule has 3 N–H and O–H groups in total. The lowest BCUT2D eigenvalue weighted by Crippen LogP contribution is -2.20. The lowest BCUT2D eigenvalue weighted by molar-refractivity contribution is -0.373. The van der Waals surface area contributed by atoms with Crippen molar-refractivity contribution in [2.75, 3.05) is 5.73 Å². The molecule has 0 aliphatic carbocycles. The number of nitrogen functional groups attached to an aromatic ring is 1. The van der Waals surface area contributed by atoms with E-state index in [2.05, 4.69) is 42.2 Å². The van der Waals surface area contributed by atoms with E-state index in [1.165, 1.54) is 0 Å². The summed E-state index contributed by atoms with van der Waals surface area (Å²) in [5.41, 5.74) is 10.8. The number of nitrogens with two attached hydrogens (primary N) is 1. The first-order valence-electron chi connectivity index (χ1n) is 7.39. The Labute approximate surface area is 130 Å². The summed E-state index contributed by atoms with van der Waals surface area (Å²) >= 11 is 0. The highest BCUT2D eigenvalue weighted by atomic mass is 14.8. The molecule has 3 heteroatoms. The molecule has 108 valence electrons. The Morgan fingerprint density at radius 3 is 2.59 bits per heavy atom. The van der Waals surface area contributed by atoms with Gasteiger partial charge in [0.25, 0.3) is 5.82 Å². The van der Waals surface area contributed by atoms with E-state index in [0.717, 1.165) is 39.6 Å². The molecule has 1 aromatic heterocycles. The second kappa shape index (κ2) is 5.50. The number of rotatable bonds is 2. The van der Waals surface area contributed by atoms with Gasteiger partial charge in [-0.05, 0) is 23.3 Å². The van der Waals surface area contributed by atoms with E-state index >= 15 is 0 Å². The largest absolute Gasteiger partial charge is 0.289 e. The third-order valence-electron chi connectivity index (χ3n) is 4.16. The number of anilines is 1. The average Bonchev–Trinajstić information content (AvgIpc) is 2.55. The Morgan fingerprint density at radius 1 is 1.14 bits per heavy atom. The number of nitrogens with one attached hydrogen (secondary N) is 1. The monoisotopic (exact) mass is 288 g/mol. The lowest BCUT2D eigenvalue weighted by Gasteiger charge is -2.13. The Bertz CT molecular complexity index is 898. The fraction of sp³-hybridized carbons (Fsp3) is 0.158. The molecule has 0 unspecified atom stereocenters. The summed E-state index contributed by atoms with van der Waals surface area (Å²) in [5.74, 6) is 0.438. The molecule has 0 bridgehead atoms. The zero-order valence-corrected chi connectivity index (χ0v) is 12.8. The predicted molar refractivity (Wildman–Crippen MR) is 89.2 cm³/mol. The molecular formula is C19H18N3+. The zero-order valence-electron chi connectivity index (χ0n) is 12.8. The van der Waals surface area contributed by atoms with E-state index in [-0.39, 0.29) is 0 Å². The molecule has 3 aromatic rings. The SMILES string of the molecule is CCc1[nH+]c(N)c(C#N)c(-c2cccc3ccccc23)c1C. The summed E-state index contributed by atoms with van der Waals surface area (Å²) in [6, 6.07) is 16.6. The summed E-state index contributed by atoms with van der Waals surface area (Å²) in [4.78, 5) is 3.16. The van der Waals surface area contributed by atoms with Gasteiger partial charge in [0.05, 0.1) is 0 Å². The number of benzene rings is 2. The molecule has 22 heavy (non-hydrogen) atoms. The number of aryl methyl sites for hydroxylation is 1. The van der Waals surface area contributed by atoms with Crippen molar-refractivity contribution < 1.29 is 4.98 Å². The van der Waals surface area contributed by atoms with Crippen LogP contribution < -0.4 is 10.7 Å². The van der Waals surface area contributed by atoms with Gasteiger partial charge in [-0.25, -0.2) is 4.98 Å². The molecule has 0 aliphatic rings. The van der Waals surface area contributed by atoms with Crippen LogP contribution in [0, 0.1) is 18.3 Å². The van der Waals surface area contributed by atoms with Crippen molar-refractivity contribution in [3.05, 3.63) is 59.3 Å². The number of nitriles is 1. The fourth-order valence-corrected chi connectivity index (χ4v) is 3.04. The minimum Gasteiger partial charge on any atom is -0.286 e. The minimum absolute atomic E-state index is 0.438. The summed E-state index contributed by atoms with van der Waals surface area (Å²) < 4.78 is 0. The zero-order chi connectivity index (χ0) is 15.7. The van der Waals surface area contributed by atoms with E-state index in [0.29, 0.717) is 11.4 Å². The van der Waals surface area contributed by atoms with Gasteiger partial charge in [0.2, 0.25) is 0 Å². The lowest BCUT2D eigenvalue weighted by atomic mass is 9.91. The molecule has 0 radical (unpaired) electrons. The maximum atomic E-state index is 9.57. The van der Waals surface area contributed by atoms with Crippen molar-refractivity contribution in [3.8, 4) is 17.2 Å². The van der Waals surface area contributed by atoms with Crippen LogP contribution >= 0.6 is 0 Å². The highest BCUT2D eigenvalue weighted by Crippen LogP contribution is 2.35. The molecule has 0 fully saturated rings. The predicted octanol–water partition coefficient (Wildman–Crippen LogP) is 3.65. The molecular weight excluding hydrogens is 270 g/mol. The number of hydrogen-bond acceptors (Lipinski definition) is 2. The summed E-state index contributed by atoms with van der Waals surface area (Å²) in [6.07, 6.45) is 0.847. The first kappa shape index (κ1) is 14.1. The van der Waals surface area contributed by atoms with E-state index in [1.54, 1.807) is 0 Å². The van der Waals surface area contributed by atoms with Crippen molar-refractivity contribution in [1.29, 1.82) is 5.26 Å². The van der Waals surface area contributed by atoms with Crippen LogP contribution in [-0.4, -0.2) is 0 Å². The normalized spacial score (nSPS) is 10.6. The standard InChI is InChI=1S/C19H17N3/c1-3-17-12(2)18(16(11-20)19(21)22-17)15-10-6-8-13-7-4-5-9-14(13)15/h4-10H,3H2,1-2H3,(H2,21,22)/p+1. The highest BCUT2D eigenvalue weighted by Gasteiger charge is 2.21. The topological polar surface area (TPSA) is 63.9 Å². The highest BCUT2D eigenvalue weighted by molar-refractivity contribution is 5.99. The van der Waals surface area contributed by atoms with Crippen molar-refractivity contribution in [1.82, 2.24) is 0 Å². The molecule has 0 spiro atoms. The quantitative estimate of drug-likeness (QED) is 0.782. The number of aromatic nitrogens is 1. The van der Waals surface area contributed by atoms with Gasteiger partial charge in [0.15, 0.2) is 0 Å². The van der Waals surface area contributed by atoms with Gasteiger partial charge < -0.3 is 0 Å². The minimum atomic E-state index is 0.438. The summed E-state index contributed by atoms with van der Waals surface area (Å²) in [5, 5.41) is 11.9. The molecule has 2 aromatic carbocycles. The number of fused-ring (bicyclic) bond motifs is 1. The van der Waals surface area contributed by atoms with Gasteiger partial charge in [0, 0.05) is 17.5 Å². The number of aromatic amines is 1. The fourth-order valence-electron chi connectivity index (χ4n) is 3.04. The van der Waals surface area contributed by atoms with Crippen LogP contribution in [-0.2, 0) is 6.42 Å². The van der Waals surface area contributed by atoms with Crippen LogP contribution in [0.5, 0.6) is 0 Å². The van der Waals surface area contributed by atoms with Crippen LogP contribution in [0.1, 0.15) is 23.7 Å². The van der Waals surface area contributed by atoms with Crippen LogP contribution in [0.3, 0.4) is 0 Å². The van der Waals surface area contributed by atoms with Crippen LogP contribution in [0.25, 0.3) is 21.9 Å². The Hall–Kier alpha value is -2.86. The third kappa shape index (κ3) is 2.10. The van der Waals surface area contributed by atoms with Crippen molar-refractivity contribution >= 4 is 16.6 Å². The van der Waals surface area contributed by atoms with E-state index in [4.69, 9.17) is 5.73 Å². The van der Waals surface area contributed by atoms with Crippen molar-refractivity contribution in [2.24, 2.45) is 0 Å². The maximum Gasteiger partial charge on any atom is 0.289 e. The van der Waals surface area contributed by atoms with Gasteiger partial charge in [-0.15, -0.1) is 0 Å². The maximum absolute atomic E-state index is 9.57. The third-order valence-corrected chi connectivity index (χ3v) is 4.16. The van der Waals surface area contributed by atoms with Crippen molar-refractivity contribution in [3.63, 3.8) is 0 Å². The average molecular weight is 288 g/mol.